The van der Waals surface area contributed by atoms with Crippen LogP contribution in [-0.4, -0.2) is 15.9 Å². The molecule has 1 aromatic carbocycles. The van der Waals surface area contributed by atoms with Crippen LogP contribution in [-0.2, 0) is 11.0 Å². The largest absolute Gasteiger partial charge is 0.416 e. The van der Waals surface area contributed by atoms with Crippen molar-refractivity contribution >= 4 is 33.9 Å². The van der Waals surface area contributed by atoms with E-state index in [0.717, 1.165) is 28.3 Å². The lowest BCUT2D eigenvalue weighted by Gasteiger charge is -2.10. The summed E-state index contributed by atoms with van der Waals surface area (Å²) in [7, 11) is 0. The van der Waals surface area contributed by atoms with Gasteiger partial charge in [0.2, 0.25) is 5.91 Å². The van der Waals surface area contributed by atoms with Gasteiger partial charge >= 0.3 is 6.18 Å². The highest BCUT2D eigenvalue weighted by Gasteiger charge is 2.30. The van der Waals surface area contributed by atoms with Crippen molar-refractivity contribution < 1.29 is 18.0 Å². The van der Waals surface area contributed by atoms with Crippen molar-refractivity contribution in [3.05, 3.63) is 53.9 Å². The first-order valence-electron chi connectivity index (χ1n) is 7.88. The molecule has 0 aliphatic carbocycles. The van der Waals surface area contributed by atoms with E-state index in [2.05, 4.69) is 20.6 Å². The Balaban J connectivity index is 1.87. The fraction of sp³-hybridized carbons (Fsp3) is 0.167. The first-order chi connectivity index (χ1) is 12.7. The zero-order chi connectivity index (χ0) is 19.6. The Morgan fingerprint density at radius 1 is 1.19 bits per heavy atom. The van der Waals surface area contributed by atoms with Gasteiger partial charge in [-0.15, -0.1) is 0 Å². The molecule has 0 radical (unpaired) electrons. The van der Waals surface area contributed by atoms with Gasteiger partial charge in [-0.25, -0.2) is 9.97 Å². The van der Waals surface area contributed by atoms with Gasteiger partial charge in [0.25, 0.3) is 0 Å². The number of alkyl halides is 3. The van der Waals surface area contributed by atoms with E-state index in [1.54, 1.807) is 18.3 Å². The highest BCUT2D eigenvalue weighted by molar-refractivity contribution is 7.19. The Morgan fingerprint density at radius 3 is 2.67 bits per heavy atom. The third-order valence-electron chi connectivity index (χ3n) is 3.56. The summed E-state index contributed by atoms with van der Waals surface area (Å²) in [4.78, 5) is 20.5. The summed E-state index contributed by atoms with van der Waals surface area (Å²) in [6, 6.07) is 8.41. The van der Waals surface area contributed by atoms with E-state index in [9.17, 15) is 18.0 Å². The number of aromatic nitrogens is 2. The van der Waals surface area contributed by atoms with Crippen molar-refractivity contribution in [2.24, 2.45) is 0 Å². The molecule has 2 aromatic heterocycles. The van der Waals surface area contributed by atoms with E-state index in [1.165, 1.54) is 30.4 Å². The number of amides is 1. The lowest BCUT2D eigenvalue weighted by atomic mass is 10.2. The molecule has 0 aliphatic rings. The number of aryl methyl sites for hydroxylation is 1. The molecule has 0 bridgehead atoms. The molecular formula is C18H15F3N4OS. The first-order valence-corrected chi connectivity index (χ1v) is 8.70. The smallest absolute Gasteiger partial charge is 0.340 e. The predicted octanol–water partition coefficient (Wildman–Crippen LogP) is 5.23. The van der Waals surface area contributed by atoms with Crippen LogP contribution in [0.15, 0.2) is 42.6 Å². The molecule has 0 fully saturated rings. The van der Waals surface area contributed by atoms with Crippen LogP contribution in [0.5, 0.6) is 0 Å². The summed E-state index contributed by atoms with van der Waals surface area (Å²) >= 11 is 1.31. The Hall–Kier alpha value is -2.94. The second kappa shape index (κ2) is 7.36. The van der Waals surface area contributed by atoms with Gasteiger partial charge in [-0.3, -0.25) is 4.79 Å². The van der Waals surface area contributed by atoms with Crippen molar-refractivity contribution in [2.45, 2.75) is 20.0 Å². The Kier molecular flexibility index (Phi) is 5.13. The van der Waals surface area contributed by atoms with Gasteiger partial charge in [-0.1, -0.05) is 17.4 Å². The number of halogens is 3. The maximum atomic E-state index is 12.9. The summed E-state index contributed by atoms with van der Waals surface area (Å²) < 4.78 is 38.6. The van der Waals surface area contributed by atoms with Crippen LogP contribution in [0.1, 0.15) is 18.2 Å². The molecule has 0 saturated heterocycles. The number of anilines is 3. The standard InChI is InChI=1S/C18H15F3N4OS/c1-10-16(27-17(23-10)24-11(2)26)12-6-7-22-15(8-12)25-14-5-3-4-13(9-14)18(19,20)21/h3-9H,1-2H3,(H,22,25)(H,23,24,26). The number of pyridine rings is 1. The summed E-state index contributed by atoms with van der Waals surface area (Å²) in [5, 5.41) is 6.02. The van der Waals surface area contributed by atoms with Crippen LogP contribution in [0, 0.1) is 6.92 Å². The first kappa shape index (κ1) is 18.8. The van der Waals surface area contributed by atoms with Crippen LogP contribution < -0.4 is 10.6 Å². The van der Waals surface area contributed by atoms with Crippen molar-refractivity contribution in [3.63, 3.8) is 0 Å². The number of nitrogens with zero attached hydrogens (tertiary/aromatic N) is 2. The monoisotopic (exact) mass is 392 g/mol. The molecular weight excluding hydrogens is 377 g/mol. The molecule has 3 rings (SSSR count). The lowest BCUT2D eigenvalue weighted by molar-refractivity contribution is -0.137. The zero-order valence-electron chi connectivity index (χ0n) is 14.4. The number of carbonyl (C=O) groups is 1. The Bertz CT molecular complexity index is 985. The second-order valence-electron chi connectivity index (χ2n) is 5.75. The summed E-state index contributed by atoms with van der Waals surface area (Å²) in [6.45, 7) is 3.22. The number of hydrogen-bond donors (Lipinski definition) is 2. The highest BCUT2D eigenvalue weighted by Crippen LogP contribution is 2.34. The molecule has 1 amide bonds. The molecule has 0 spiro atoms. The molecule has 2 N–H and O–H groups in total. The third kappa shape index (κ3) is 4.62. The minimum Gasteiger partial charge on any atom is -0.340 e. The van der Waals surface area contributed by atoms with Crippen molar-refractivity contribution in [1.82, 2.24) is 9.97 Å². The minimum absolute atomic E-state index is 0.211. The van der Waals surface area contributed by atoms with Gasteiger partial charge in [0.05, 0.1) is 16.1 Å². The molecule has 0 unspecified atom stereocenters. The number of nitrogens with one attached hydrogen (secondary N) is 2. The van der Waals surface area contributed by atoms with E-state index >= 15 is 0 Å². The van der Waals surface area contributed by atoms with E-state index in [1.807, 2.05) is 6.92 Å². The van der Waals surface area contributed by atoms with E-state index in [0.29, 0.717) is 10.9 Å². The predicted molar refractivity (Wildman–Crippen MR) is 99.1 cm³/mol. The maximum Gasteiger partial charge on any atom is 0.416 e. The van der Waals surface area contributed by atoms with Crippen LogP contribution in [0.4, 0.5) is 29.8 Å². The van der Waals surface area contributed by atoms with E-state index in [4.69, 9.17) is 0 Å². The molecule has 3 aromatic rings. The zero-order valence-corrected chi connectivity index (χ0v) is 15.2. The van der Waals surface area contributed by atoms with Crippen LogP contribution in [0.25, 0.3) is 10.4 Å². The molecule has 140 valence electrons. The van der Waals surface area contributed by atoms with Gasteiger partial charge in [0, 0.05) is 18.8 Å². The maximum absolute atomic E-state index is 12.9. The van der Waals surface area contributed by atoms with Gasteiger partial charge in [-0.2, -0.15) is 13.2 Å². The van der Waals surface area contributed by atoms with Crippen molar-refractivity contribution in [3.8, 4) is 10.4 Å². The Labute approximate surface area is 157 Å². The number of hydrogen-bond acceptors (Lipinski definition) is 5. The van der Waals surface area contributed by atoms with Gasteiger partial charge in [0.15, 0.2) is 5.13 Å². The highest BCUT2D eigenvalue weighted by atomic mass is 32.1. The topological polar surface area (TPSA) is 66.9 Å². The van der Waals surface area contributed by atoms with Crippen LogP contribution in [0.3, 0.4) is 0 Å². The molecule has 9 heteroatoms. The van der Waals surface area contributed by atoms with Crippen molar-refractivity contribution in [1.29, 1.82) is 0 Å². The van der Waals surface area contributed by atoms with Gasteiger partial charge in [-0.05, 0) is 42.8 Å². The number of rotatable bonds is 4. The summed E-state index contributed by atoms with van der Waals surface area (Å²) in [5.74, 6) is 0.192. The average Bonchev–Trinajstić information content (AvgIpc) is 2.94. The molecule has 0 saturated carbocycles. The lowest BCUT2D eigenvalue weighted by Crippen LogP contribution is -2.05. The van der Waals surface area contributed by atoms with Gasteiger partial charge in [0.1, 0.15) is 5.82 Å². The van der Waals surface area contributed by atoms with Crippen LogP contribution in [0.2, 0.25) is 0 Å². The summed E-state index contributed by atoms with van der Waals surface area (Å²) in [6.07, 6.45) is -2.85. The second-order valence-corrected chi connectivity index (χ2v) is 6.75. The number of thiazole rings is 1. The molecule has 27 heavy (non-hydrogen) atoms. The van der Waals surface area contributed by atoms with Gasteiger partial charge < -0.3 is 10.6 Å². The minimum atomic E-state index is -4.41. The summed E-state index contributed by atoms with van der Waals surface area (Å²) in [5.41, 5.74) is 1.09. The fourth-order valence-corrected chi connectivity index (χ4v) is 3.44. The van der Waals surface area contributed by atoms with E-state index < -0.39 is 11.7 Å². The van der Waals surface area contributed by atoms with Crippen molar-refractivity contribution in [2.75, 3.05) is 10.6 Å². The fourth-order valence-electron chi connectivity index (χ4n) is 2.43. The Morgan fingerprint density at radius 2 is 1.96 bits per heavy atom. The SMILES string of the molecule is CC(=O)Nc1nc(C)c(-c2ccnc(Nc3cccc(C(F)(F)F)c3)c2)s1. The molecule has 2 heterocycles. The normalized spacial score (nSPS) is 11.3. The number of carbonyl (C=O) groups excluding carboxylic acids is 1. The number of benzene rings is 1. The average molecular weight is 392 g/mol. The molecule has 0 aliphatic heterocycles. The molecule has 5 nitrogen and oxygen atoms in total. The quantitative estimate of drug-likeness (QED) is 0.638. The van der Waals surface area contributed by atoms with E-state index in [-0.39, 0.29) is 11.6 Å². The molecule has 0 atom stereocenters. The van der Waals surface area contributed by atoms with Crippen LogP contribution >= 0.6 is 11.3 Å². The third-order valence-corrected chi connectivity index (χ3v) is 4.69.